The lowest BCUT2D eigenvalue weighted by Gasteiger charge is -2.39. The van der Waals surface area contributed by atoms with E-state index in [1.165, 1.54) is 18.0 Å². The molecule has 0 spiro atoms. The van der Waals surface area contributed by atoms with Crippen molar-refractivity contribution >= 4 is 37.5 Å². The van der Waals surface area contributed by atoms with Gasteiger partial charge in [-0.05, 0) is 59.1 Å². The fraction of sp³-hybridized carbons (Fsp3) is 0.500. The molecule has 1 fully saturated rings. The van der Waals surface area contributed by atoms with E-state index < -0.39 is 9.84 Å². The normalized spacial score (nSPS) is 18.4. The minimum absolute atomic E-state index is 0.348. The van der Waals surface area contributed by atoms with Crippen LogP contribution in [-0.4, -0.2) is 20.9 Å². The van der Waals surface area contributed by atoms with E-state index in [0.717, 1.165) is 34.2 Å². The van der Waals surface area contributed by atoms with Crippen LogP contribution in [0.4, 0.5) is 0 Å². The lowest BCUT2D eigenvalue weighted by atomic mass is 9.73. The molecule has 0 atom stereocenters. The standard InChI is InChI=1S/C12H16BrNO2S2/c1-17-11-9(13)6-8(12(14)4-3-5-12)7-10(11)18(2,15)16/h6-7H,3-5,14H2,1-2H3. The molecule has 0 unspecified atom stereocenters. The first-order valence-corrected chi connectivity index (χ1v) is 9.56. The van der Waals surface area contributed by atoms with Gasteiger partial charge < -0.3 is 5.73 Å². The van der Waals surface area contributed by atoms with Gasteiger partial charge >= 0.3 is 0 Å². The summed E-state index contributed by atoms with van der Waals surface area (Å²) in [5, 5.41) is 0. The molecule has 6 heteroatoms. The molecule has 1 aliphatic carbocycles. The maximum atomic E-state index is 11.9. The molecule has 3 nitrogen and oxygen atoms in total. The minimum atomic E-state index is -3.24. The van der Waals surface area contributed by atoms with Crippen LogP contribution in [0.15, 0.2) is 26.4 Å². The number of rotatable bonds is 3. The Hall–Kier alpha value is -0.0400. The molecule has 0 aliphatic heterocycles. The molecule has 2 N–H and O–H groups in total. The molecule has 0 aromatic heterocycles. The van der Waals surface area contributed by atoms with Crippen molar-refractivity contribution in [2.45, 2.75) is 34.6 Å². The number of nitrogens with two attached hydrogens (primary N) is 1. The summed E-state index contributed by atoms with van der Waals surface area (Å²) >= 11 is 4.88. The van der Waals surface area contributed by atoms with E-state index in [0.29, 0.717) is 4.90 Å². The summed E-state index contributed by atoms with van der Waals surface area (Å²) in [6.45, 7) is 0. The first-order valence-electron chi connectivity index (χ1n) is 5.65. The van der Waals surface area contributed by atoms with E-state index in [-0.39, 0.29) is 5.54 Å². The molecule has 100 valence electrons. The quantitative estimate of drug-likeness (QED) is 0.852. The van der Waals surface area contributed by atoms with Gasteiger partial charge in [-0.25, -0.2) is 8.42 Å². The van der Waals surface area contributed by atoms with E-state index in [9.17, 15) is 8.42 Å². The summed E-state index contributed by atoms with van der Waals surface area (Å²) < 4.78 is 24.6. The zero-order valence-electron chi connectivity index (χ0n) is 10.4. The molecule has 1 aromatic rings. The van der Waals surface area contributed by atoms with Gasteiger partial charge in [0.15, 0.2) is 9.84 Å². The van der Waals surface area contributed by atoms with Crippen molar-refractivity contribution in [3.63, 3.8) is 0 Å². The van der Waals surface area contributed by atoms with Crippen molar-refractivity contribution in [1.29, 1.82) is 0 Å². The number of benzene rings is 1. The second kappa shape index (κ2) is 4.81. The highest BCUT2D eigenvalue weighted by molar-refractivity contribution is 9.10. The number of halogens is 1. The van der Waals surface area contributed by atoms with Crippen molar-refractivity contribution < 1.29 is 8.42 Å². The SMILES string of the molecule is CSc1c(Br)cc(C2(N)CCC2)cc1S(C)(=O)=O. The first kappa shape index (κ1) is 14.4. The molecule has 1 aliphatic rings. The lowest BCUT2D eigenvalue weighted by molar-refractivity contribution is 0.253. The van der Waals surface area contributed by atoms with E-state index in [2.05, 4.69) is 15.9 Å². The second-order valence-corrected chi connectivity index (χ2v) is 8.43. The van der Waals surface area contributed by atoms with Crippen LogP contribution >= 0.6 is 27.7 Å². The summed E-state index contributed by atoms with van der Waals surface area (Å²) in [6.07, 6.45) is 6.05. The van der Waals surface area contributed by atoms with Crippen molar-refractivity contribution in [2.24, 2.45) is 5.73 Å². The Balaban J connectivity index is 2.64. The number of hydrogen-bond acceptors (Lipinski definition) is 4. The first-order chi connectivity index (χ1) is 8.28. The van der Waals surface area contributed by atoms with Crippen LogP contribution in [0.2, 0.25) is 0 Å². The highest BCUT2D eigenvalue weighted by atomic mass is 79.9. The van der Waals surface area contributed by atoms with E-state index in [1.54, 1.807) is 6.07 Å². The van der Waals surface area contributed by atoms with E-state index in [1.807, 2.05) is 12.3 Å². The topological polar surface area (TPSA) is 60.2 Å². The summed E-state index contributed by atoms with van der Waals surface area (Å²) in [5.74, 6) is 0. The van der Waals surface area contributed by atoms with Gasteiger partial charge in [-0.15, -0.1) is 11.8 Å². The van der Waals surface area contributed by atoms with Crippen LogP contribution in [0.3, 0.4) is 0 Å². The number of thioether (sulfide) groups is 1. The van der Waals surface area contributed by atoms with E-state index in [4.69, 9.17) is 5.73 Å². The molecule has 0 heterocycles. The van der Waals surface area contributed by atoms with Crippen LogP contribution < -0.4 is 5.73 Å². The minimum Gasteiger partial charge on any atom is -0.321 e. The van der Waals surface area contributed by atoms with Crippen LogP contribution in [0, 0.1) is 0 Å². The van der Waals surface area contributed by atoms with Crippen LogP contribution in [0.25, 0.3) is 0 Å². The molecule has 0 saturated heterocycles. The van der Waals surface area contributed by atoms with Gasteiger partial charge in [0.2, 0.25) is 0 Å². The van der Waals surface area contributed by atoms with Gasteiger partial charge in [0.25, 0.3) is 0 Å². The molecular weight excluding hydrogens is 334 g/mol. The van der Waals surface area contributed by atoms with Crippen molar-refractivity contribution in [3.05, 3.63) is 22.2 Å². The summed E-state index contributed by atoms with van der Waals surface area (Å²) in [4.78, 5) is 1.13. The van der Waals surface area contributed by atoms with Gasteiger partial charge in [-0.3, -0.25) is 0 Å². The summed E-state index contributed by atoms with van der Waals surface area (Å²) in [7, 11) is -3.24. The van der Waals surface area contributed by atoms with Gasteiger partial charge in [0.1, 0.15) is 0 Å². The molecule has 1 aromatic carbocycles. The van der Waals surface area contributed by atoms with Crippen molar-refractivity contribution in [2.75, 3.05) is 12.5 Å². The molecule has 1 saturated carbocycles. The van der Waals surface area contributed by atoms with Crippen molar-refractivity contribution in [1.82, 2.24) is 0 Å². The number of hydrogen-bond donors (Lipinski definition) is 1. The fourth-order valence-electron chi connectivity index (χ4n) is 2.18. The van der Waals surface area contributed by atoms with Gasteiger partial charge in [0.05, 0.1) is 4.90 Å². The van der Waals surface area contributed by atoms with Crippen LogP contribution in [-0.2, 0) is 15.4 Å². The average Bonchev–Trinajstić information content (AvgIpc) is 2.23. The molecule has 0 amide bonds. The van der Waals surface area contributed by atoms with Crippen LogP contribution in [0.5, 0.6) is 0 Å². The third-order valence-corrected chi connectivity index (χ3v) is 6.42. The van der Waals surface area contributed by atoms with Gasteiger partial charge in [0, 0.05) is 21.2 Å². The second-order valence-electron chi connectivity index (χ2n) is 4.77. The Morgan fingerprint density at radius 3 is 2.39 bits per heavy atom. The summed E-state index contributed by atoms with van der Waals surface area (Å²) in [6, 6.07) is 3.70. The predicted octanol–water partition coefficient (Wildman–Crippen LogP) is 2.91. The highest BCUT2D eigenvalue weighted by Gasteiger charge is 2.35. The maximum absolute atomic E-state index is 11.9. The smallest absolute Gasteiger partial charge is 0.176 e. The largest absolute Gasteiger partial charge is 0.321 e. The molecule has 0 radical (unpaired) electrons. The number of sulfone groups is 1. The van der Waals surface area contributed by atoms with E-state index >= 15 is 0 Å². The third kappa shape index (κ3) is 2.48. The van der Waals surface area contributed by atoms with Gasteiger partial charge in [-0.1, -0.05) is 0 Å². The Morgan fingerprint density at radius 1 is 1.39 bits per heavy atom. The van der Waals surface area contributed by atoms with Crippen molar-refractivity contribution in [3.8, 4) is 0 Å². The fourth-order valence-corrected chi connectivity index (χ4v) is 5.26. The monoisotopic (exact) mass is 349 g/mol. The Morgan fingerprint density at radius 2 is 2.00 bits per heavy atom. The van der Waals surface area contributed by atoms with Gasteiger partial charge in [-0.2, -0.15) is 0 Å². The maximum Gasteiger partial charge on any atom is 0.176 e. The molecule has 0 bridgehead atoms. The lowest BCUT2D eigenvalue weighted by Crippen LogP contribution is -2.43. The molecule has 18 heavy (non-hydrogen) atoms. The van der Waals surface area contributed by atoms with Crippen LogP contribution in [0.1, 0.15) is 24.8 Å². The summed E-state index contributed by atoms with van der Waals surface area (Å²) in [5.41, 5.74) is 6.84. The Bertz CT molecular complexity index is 580. The zero-order chi connectivity index (χ0) is 13.6. The average molecular weight is 350 g/mol. The highest BCUT2D eigenvalue weighted by Crippen LogP contribution is 2.43. The Kier molecular flexibility index (Phi) is 3.84. The zero-order valence-corrected chi connectivity index (χ0v) is 13.6. The third-order valence-electron chi connectivity index (χ3n) is 3.43. The molecule has 2 rings (SSSR count). The predicted molar refractivity (Wildman–Crippen MR) is 78.7 cm³/mol. The molecular formula is C12H16BrNO2S2. The Labute approximate surface area is 121 Å².